The molecule has 0 bridgehead atoms. The van der Waals surface area contributed by atoms with Gasteiger partial charge in [0.1, 0.15) is 0 Å². The molecule has 136 valence electrons. The van der Waals surface area contributed by atoms with E-state index in [-0.39, 0.29) is 12.4 Å². The molecule has 1 aliphatic heterocycles. The van der Waals surface area contributed by atoms with Crippen molar-refractivity contribution in [3.8, 4) is 11.5 Å². The third-order valence-corrected chi connectivity index (χ3v) is 3.97. The highest BCUT2D eigenvalue weighted by Crippen LogP contribution is 2.31. The second-order valence-corrected chi connectivity index (χ2v) is 6.04. The summed E-state index contributed by atoms with van der Waals surface area (Å²) in [4.78, 5) is 2.24. The summed E-state index contributed by atoms with van der Waals surface area (Å²) in [5, 5.41) is 9.30. The van der Waals surface area contributed by atoms with Gasteiger partial charge < -0.3 is 14.6 Å². The van der Waals surface area contributed by atoms with E-state index in [0.717, 1.165) is 31.5 Å². The van der Waals surface area contributed by atoms with Crippen LogP contribution < -0.4 is 9.47 Å². The third-order valence-electron chi connectivity index (χ3n) is 3.97. The number of piperidine rings is 1. The molecule has 2 rings (SSSR count). The first-order valence-corrected chi connectivity index (χ1v) is 8.19. The van der Waals surface area contributed by atoms with Crippen molar-refractivity contribution >= 4 is 0 Å². The van der Waals surface area contributed by atoms with Crippen LogP contribution in [-0.2, 0) is 6.54 Å². The number of likely N-dealkylation sites (tertiary alicyclic amines) is 1. The van der Waals surface area contributed by atoms with Crippen LogP contribution in [0.25, 0.3) is 0 Å². The van der Waals surface area contributed by atoms with Crippen LogP contribution in [0.5, 0.6) is 11.5 Å². The molecule has 1 aromatic rings. The van der Waals surface area contributed by atoms with Gasteiger partial charge in [-0.2, -0.15) is 13.2 Å². The Morgan fingerprint density at radius 3 is 2.71 bits per heavy atom. The number of rotatable bonds is 7. The summed E-state index contributed by atoms with van der Waals surface area (Å²) in [7, 11) is 0. The first-order chi connectivity index (χ1) is 11.4. The van der Waals surface area contributed by atoms with Crippen molar-refractivity contribution in [3.63, 3.8) is 0 Å². The highest BCUT2D eigenvalue weighted by Gasteiger charge is 2.29. The Bertz CT molecular complexity index is 522. The van der Waals surface area contributed by atoms with E-state index in [1.165, 1.54) is 6.07 Å². The average Bonchev–Trinajstić information content (AvgIpc) is 2.54. The van der Waals surface area contributed by atoms with Gasteiger partial charge >= 0.3 is 6.18 Å². The van der Waals surface area contributed by atoms with E-state index in [1.807, 2.05) is 0 Å². The molecular weight excluding hydrogens is 323 g/mol. The van der Waals surface area contributed by atoms with Crippen molar-refractivity contribution in [2.75, 3.05) is 32.9 Å². The predicted octanol–water partition coefficient (Wildman–Crippen LogP) is 3.23. The lowest BCUT2D eigenvalue weighted by molar-refractivity contribution is -0.153. The minimum absolute atomic E-state index is 0.102. The number of alkyl halides is 3. The Morgan fingerprint density at radius 2 is 2.04 bits per heavy atom. The number of benzene rings is 1. The number of aliphatic hydroxyl groups excluding tert-OH is 1. The summed E-state index contributed by atoms with van der Waals surface area (Å²) in [5.41, 5.74) is 0.955. The Labute approximate surface area is 140 Å². The quantitative estimate of drug-likeness (QED) is 0.822. The molecule has 1 atom stereocenters. The zero-order valence-corrected chi connectivity index (χ0v) is 13.8. The van der Waals surface area contributed by atoms with Gasteiger partial charge in [0.15, 0.2) is 18.1 Å². The van der Waals surface area contributed by atoms with E-state index in [1.54, 1.807) is 19.1 Å². The lowest BCUT2D eigenvalue weighted by Gasteiger charge is -2.31. The highest BCUT2D eigenvalue weighted by atomic mass is 19.4. The molecule has 1 N–H and O–H groups in total. The molecule has 7 heteroatoms. The van der Waals surface area contributed by atoms with E-state index in [9.17, 15) is 18.3 Å². The SMILES string of the molecule is CCOc1cc(CN2CCCC(CO)C2)ccc1OCC(F)(F)F. The molecule has 0 aromatic heterocycles. The summed E-state index contributed by atoms with van der Waals surface area (Å²) in [6.45, 7) is 3.43. The zero-order valence-electron chi connectivity index (χ0n) is 13.8. The maximum Gasteiger partial charge on any atom is 0.422 e. The summed E-state index contributed by atoms with van der Waals surface area (Å²) in [6, 6.07) is 5.02. The number of halogens is 3. The van der Waals surface area contributed by atoms with Crippen LogP contribution in [-0.4, -0.2) is 49.1 Å². The second kappa shape index (κ2) is 8.58. The zero-order chi connectivity index (χ0) is 17.6. The van der Waals surface area contributed by atoms with Crippen LogP contribution in [0.15, 0.2) is 18.2 Å². The molecule has 0 saturated carbocycles. The van der Waals surface area contributed by atoms with Crippen molar-refractivity contribution in [1.82, 2.24) is 4.90 Å². The largest absolute Gasteiger partial charge is 0.490 e. The Hall–Kier alpha value is -1.47. The van der Waals surface area contributed by atoms with E-state index in [4.69, 9.17) is 9.47 Å². The minimum Gasteiger partial charge on any atom is -0.490 e. The first-order valence-electron chi connectivity index (χ1n) is 8.19. The molecule has 4 nitrogen and oxygen atoms in total. The molecule has 0 radical (unpaired) electrons. The van der Waals surface area contributed by atoms with Crippen LogP contribution in [0.1, 0.15) is 25.3 Å². The third kappa shape index (κ3) is 5.87. The van der Waals surface area contributed by atoms with Crippen molar-refractivity contribution in [2.45, 2.75) is 32.5 Å². The number of hydrogen-bond acceptors (Lipinski definition) is 4. The van der Waals surface area contributed by atoms with E-state index < -0.39 is 12.8 Å². The first kappa shape index (κ1) is 18.9. The Morgan fingerprint density at radius 1 is 1.25 bits per heavy atom. The van der Waals surface area contributed by atoms with Crippen LogP contribution in [0.2, 0.25) is 0 Å². The van der Waals surface area contributed by atoms with Crippen molar-refractivity contribution in [3.05, 3.63) is 23.8 Å². The molecule has 1 aliphatic rings. The number of ether oxygens (including phenoxy) is 2. The Balaban J connectivity index is 2.04. The molecule has 1 aromatic carbocycles. The fourth-order valence-corrected chi connectivity index (χ4v) is 2.90. The number of hydrogen-bond donors (Lipinski definition) is 1. The fourth-order valence-electron chi connectivity index (χ4n) is 2.90. The topological polar surface area (TPSA) is 41.9 Å². The highest BCUT2D eigenvalue weighted by molar-refractivity contribution is 5.43. The van der Waals surface area contributed by atoms with Gasteiger partial charge in [-0.25, -0.2) is 0 Å². The van der Waals surface area contributed by atoms with Crippen molar-refractivity contribution in [2.24, 2.45) is 5.92 Å². The summed E-state index contributed by atoms with van der Waals surface area (Å²) in [5.74, 6) is 0.722. The Kier molecular flexibility index (Phi) is 6.74. The van der Waals surface area contributed by atoms with Gasteiger partial charge in [-0.05, 0) is 49.9 Å². The lowest BCUT2D eigenvalue weighted by Crippen LogP contribution is -2.36. The van der Waals surface area contributed by atoms with E-state index >= 15 is 0 Å². The fraction of sp³-hybridized carbons (Fsp3) is 0.647. The van der Waals surface area contributed by atoms with Crippen LogP contribution in [0, 0.1) is 5.92 Å². The smallest absolute Gasteiger partial charge is 0.422 e. The number of nitrogens with zero attached hydrogens (tertiary/aromatic N) is 1. The van der Waals surface area contributed by atoms with Gasteiger partial charge in [0.05, 0.1) is 6.61 Å². The summed E-state index contributed by atoms with van der Waals surface area (Å²) >= 11 is 0. The molecule has 1 heterocycles. The van der Waals surface area contributed by atoms with Gasteiger partial charge in [0, 0.05) is 19.7 Å². The van der Waals surface area contributed by atoms with Crippen molar-refractivity contribution < 1.29 is 27.8 Å². The maximum absolute atomic E-state index is 12.3. The van der Waals surface area contributed by atoms with Crippen molar-refractivity contribution in [1.29, 1.82) is 0 Å². The minimum atomic E-state index is -4.38. The van der Waals surface area contributed by atoms with E-state index in [0.29, 0.717) is 24.8 Å². The van der Waals surface area contributed by atoms with Crippen LogP contribution >= 0.6 is 0 Å². The summed E-state index contributed by atoms with van der Waals surface area (Å²) in [6.07, 6.45) is -2.31. The molecule has 1 unspecified atom stereocenters. The molecule has 1 saturated heterocycles. The van der Waals surface area contributed by atoms with Crippen LogP contribution in [0.3, 0.4) is 0 Å². The molecular formula is C17H24F3NO3. The molecule has 1 fully saturated rings. The van der Waals surface area contributed by atoms with Gasteiger partial charge in [-0.15, -0.1) is 0 Å². The average molecular weight is 347 g/mol. The van der Waals surface area contributed by atoms with Crippen LogP contribution in [0.4, 0.5) is 13.2 Å². The predicted molar refractivity (Wildman–Crippen MR) is 84.2 cm³/mol. The molecule has 0 spiro atoms. The summed E-state index contributed by atoms with van der Waals surface area (Å²) < 4.78 is 47.2. The van der Waals surface area contributed by atoms with Gasteiger partial charge in [-0.3, -0.25) is 4.90 Å². The van der Waals surface area contributed by atoms with Gasteiger partial charge in [0.25, 0.3) is 0 Å². The van der Waals surface area contributed by atoms with E-state index in [2.05, 4.69) is 4.90 Å². The standard InChI is InChI=1S/C17H24F3NO3/c1-2-23-16-8-13(5-6-15(16)24-12-17(18,19)20)9-21-7-3-4-14(10-21)11-22/h5-6,8,14,22H,2-4,7,9-12H2,1H3. The second-order valence-electron chi connectivity index (χ2n) is 6.04. The monoisotopic (exact) mass is 347 g/mol. The number of aliphatic hydroxyl groups is 1. The maximum atomic E-state index is 12.3. The lowest BCUT2D eigenvalue weighted by atomic mass is 9.98. The van der Waals surface area contributed by atoms with Gasteiger partial charge in [-0.1, -0.05) is 6.07 Å². The molecule has 0 aliphatic carbocycles. The molecule has 24 heavy (non-hydrogen) atoms. The normalized spacial score (nSPS) is 19.3. The van der Waals surface area contributed by atoms with Gasteiger partial charge in [0.2, 0.25) is 0 Å². The molecule has 0 amide bonds.